The van der Waals surface area contributed by atoms with Gasteiger partial charge in [-0.05, 0) is 38.0 Å². The summed E-state index contributed by atoms with van der Waals surface area (Å²) >= 11 is 0. The second-order valence-electron chi connectivity index (χ2n) is 19.8. The molecule has 4 heterocycles. The van der Waals surface area contributed by atoms with E-state index in [0.717, 1.165) is 31.9 Å². The summed E-state index contributed by atoms with van der Waals surface area (Å²) in [6.45, 7) is 10.6. The molecule has 4 aliphatic heterocycles. The SMILES string of the molecule is CC(=O)OCC1C2C3=C(C(=O)C2OC12OCC(C)C(O)C2O)C1CC=C2CC(OC(C)=O)CC(OC4OCC(O)C(O)C4OC4OC(C)C(OC(C)=O)C(OC(C)=O)C4OC(C)=O)C2(C)C1CC3. The third kappa shape index (κ3) is 8.93. The predicted molar refractivity (Wildman–Crippen MR) is 225 cm³/mol. The third-order valence-electron chi connectivity index (χ3n) is 15.5. The van der Waals surface area contributed by atoms with E-state index >= 15 is 0 Å². The van der Waals surface area contributed by atoms with Gasteiger partial charge in [0.1, 0.15) is 43.2 Å². The molecule has 0 radical (unpaired) electrons. The van der Waals surface area contributed by atoms with Crippen LogP contribution in [0.25, 0.3) is 0 Å². The van der Waals surface area contributed by atoms with Crippen molar-refractivity contribution in [2.75, 3.05) is 19.8 Å². The topological polar surface area (TPSA) is 285 Å². The molecule has 1 spiro atoms. The first kappa shape index (κ1) is 50.5. The van der Waals surface area contributed by atoms with Gasteiger partial charge in [0.15, 0.2) is 36.7 Å². The van der Waals surface area contributed by atoms with Crippen LogP contribution >= 0.6 is 0 Å². The Hall–Kier alpha value is -3.90. The Balaban J connectivity index is 1.12. The van der Waals surface area contributed by atoms with Crippen LogP contribution in [-0.4, -0.2) is 167 Å². The molecule has 4 N–H and O–H groups in total. The Morgan fingerprint density at radius 2 is 1.46 bits per heavy atom. The number of Topliss-reactive ketones (excluding diaryl/α,β-unsaturated/α-hetero) is 1. The van der Waals surface area contributed by atoms with E-state index in [9.17, 15) is 49.2 Å². The molecule has 8 aliphatic rings. The molecule has 4 saturated heterocycles. The molecule has 68 heavy (non-hydrogen) atoms. The summed E-state index contributed by atoms with van der Waals surface area (Å²) in [4.78, 5) is 76.5. The van der Waals surface area contributed by atoms with Gasteiger partial charge in [0.05, 0.1) is 37.4 Å². The minimum Gasteiger partial charge on any atom is -0.465 e. The molecular weight excluding hydrogens is 900 g/mol. The van der Waals surface area contributed by atoms with E-state index in [2.05, 4.69) is 0 Å². The van der Waals surface area contributed by atoms with Crippen LogP contribution in [0.5, 0.6) is 0 Å². The van der Waals surface area contributed by atoms with Gasteiger partial charge in [0.25, 0.3) is 0 Å². The average Bonchev–Trinajstić information content (AvgIpc) is 3.73. The first-order valence-corrected chi connectivity index (χ1v) is 23.5. The number of aliphatic hydroxyl groups is 4. The summed E-state index contributed by atoms with van der Waals surface area (Å²) in [5.41, 5.74) is 1.44. The standard InChI is InChI=1S/C47H64O21/c1-18-15-60-47(43(57)35(18)54)30(16-58-20(3)48)34-28-11-12-29-27(33(28)37(56)39(34)68-47)10-9-25-13-26(62-21(4)49)14-32(46(25,29)8)66-44-40(36(55)31(53)17-59-44)67-45-42(65-24(7)52)41(64-23(6)51)38(19(2)61-45)63-22(5)50/h9,18-19,26-27,29-32,34-36,38-45,53-55,57H,10-17H2,1-8H3. The third-order valence-corrected chi connectivity index (χ3v) is 15.5. The van der Waals surface area contributed by atoms with Crippen molar-refractivity contribution in [1.29, 1.82) is 0 Å². The van der Waals surface area contributed by atoms with E-state index in [1.54, 1.807) is 6.92 Å². The second-order valence-corrected chi connectivity index (χ2v) is 19.8. The number of fused-ring (bicyclic) bond motifs is 6. The fraction of sp³-hybridized carbons (Fsp3) is 0.787. The van der Waals surface area contributed by atoms with Crippen LogP contribution in [-0.2, 0) is 80.9 Å². The van der Waals surface area contributed by atoms with Crippen molar-refractivity contribution in [2.24, 2.45) is 35.0 Å². The normalized spacial score (nSPS) is 45.2. The van der Waals surface area contributed by atoms with Crippen molar-refractivity contribution in [3.05, 3.63) is 22.8 Å². The number of aliphatic hydroxyl groups excluding tert-OH is 4. The first-order valence-electron chi connectivity index (χ1n) is 23.5. The van der Waals surface area contributed by atoms with Crippen LogP contribution in [0, 0.1) is 35.0 Å². The van der Waals surface area contributed by atoms with Crippen LogP contribution in [0.4, 0.5) is 0 Å². The van der Waals surface area contributed by atoms with Gasteiger partial charge in [-0.1, -0.05) is 31.1 Å². The molecular formula is C47H64O21. The van der Waals surface area contributed by atoms with Crippen LogP contribution in [0.1, 0.15) is 87.5 Å². The first-order chi connectivity index (χ1) is 32.1. The summed E-state index contributed by atoms with van der Waals surface area (Å²) in [5.74, 6) is -8.03. The van der Waals surface area contributed by atoms with Crippen LogP contribution in [0.3, 0.4) is 0 Å². The van der Waals surface area contributed by atoms with Gasteiger partial charge in [-0.2, -0.15) is 0 Å². The van der Waals surface area contributed by atoms with Gasteiger partial charge in [-0.15, -0.1) is 0 Å². The van der Waals surface area contributed by atoms with E-state index in [1.165, 1.54) is 20.8 Å². The molecule has 0 bridgehead atoms. The Morgan fingerprint density at radius 3 is 2.12 bits per heavy atom. The summed E-state index contributed by atoms with van der Waals surface area (Å²) in [5, 5.41) is 45.1. The van der Waals surface area contributed by atoms with E-state index in [4.69, 9.17) is 52.1 Å². The highest BCUT2D eigenvalue weighted by atomic mass is 16.8. The number of ether oxygens (including phenoxy) is 11. The smallest absolute Gasteiger partial charge is 0.303 e. The van der Waals surface area contributed by atoms with Crippen LogP contribution in [0.2, 0.25) is 0 Å². The molecule has 21 heteroatoms. The van der Waals surface area contributed by atoms with Crippen molar-refractivity contribution in [2.45, 2.75) is 179 Å². The van der Waals surface area contributed by atoms with Gasteiger partial charge >= 0.3 is 29.8 Å². The Morgan fingerprint density at radius 1 is 0.794 bits per heavy atom. The zero-order chi connectivity index (χ0) is 49.3. The Bertz CT molecular complexity index is 2070. The van der Waals surface area contributed by atoms with Crippen LogP contribution < -0.4 is 0 Å². The van der Waals surface area contributed by atoms with E-state index < -0.39 is 151 Å². The summed E-state index contributed by atoms with van der Waals surface area (Å²) in [6.07, 6.45) is -14.4. The number of carbonyl (C=O) groups excluding carboxylic acids is 6. The van der Waals surface area contributed by atoms with Crippen molar-refractivity contribution < 1.29 is 101 Å². The zero-order valence-corrected chi connectivity index (χ0v) is 39.4. The van der Waals surface area contributed by atoms with Crippen molar-refractivity contribution >= 4 is 35.6 Å². The lowest BCUT2D eigenvalue weighted by atomic mass is 9.51. The lowest BCUT2D eigenvalue weighted by molar-refractivity contribution is -0.363. The van der Waals surface area contributed by atoms with E-state index in [-0.39, 0.29) is 37.3 Å². The molecule has 5 fully saturated rings. The maximum atomic E-state index is 14.9. The molecule has 0 amide bonds. The number of hydrogen-bond donors (Lipinski definition) is 4. The van der Waals surface area contributed by atoms with Gasteiger partial charge in [-0.25, -0.2) is 0 Å². The minimum absolute atomic E-state index is 0.0399. The monoisotopic (exact) mass is 964 g/mol. The Kier molecular flexibility index (Phi) is 14.4. The second kappa shape index (κ2) is 19.4. The molecule has 378 valence electrons. The van der Waals surface area contributed by atoms with Gasteiger partial charge in [0, 0.05) is 70.3 Å². The number of rotatable bonds is 10. The maximum absolute atomic E-state index is 14.9. The fourth-order valence-corrected chi connectivity index (χ4v) is 12.5. The van der Waals surface area contributed by atoms with E-state index in [1.807, 2.05) is 13.0 Å². The largest absolute Gasteiger partial charge is 0.465 e. The molecule has 0 aromatic carbocycles. The van der Waals surface area contributed by atoms with Gasteiger partial charge < -0.3 is 72.5 Å². The predicted octanol–water partition coefficient (Wildman–Crippen LogP) is 0.621. The molecule has 8 rings (SSSR count). The van der Waals surface area contributed by atoms with Gasteiger partial charge in [-0.3, -0.25) is 28.8 Å². The molecule has 4 aliphatic carbocycles. The highest BCUT2D eigenvalue weighted by Crippen LogP contribution is 2.64. The lowest BCUT2D eigenvalue weighted by Gasteiger charge is -2.57. The highest BCUT2D eigenvalue weighted by Gasteiger charge is 2.70. The number of hydrogen-bond acceptors (Lipinski definition) is 21. The lowest BCUT2D eigenvalue weighted by Crippen LogP contribution is -2.65. The zero-order valence-electron chi connectivity index (χ0n) is 39.4. The molecule has 0 aromatic rings. The summed E-state index contributed by atoms with van der Waals surface area (Å²) in [7, 11) is 0. The fourth-order valence-electron chi connectivity index (χ4n) is 12.5. The molecule has 1 saturated carbocycles. The van der Waals surface area contributed by atoms with E-state index in [0.29, 0.717) is 31.3 Å². The molecule has 21 unspecified atom stereocenters. The highest BCUT2D eigenvalue weighted by molar-refractivity contribution is 6.04. The quantitative estimate of drug-likeness (QED) is 0.133. The molecule has 21 atom stereocenters. The summed E-state index contributed by atoms with van der Waals surface area (Å²) < 4.78 is 66.1. The summed E-state index contributed by atoms with van der Waals surface area (Å²) in [6, 6.07) is 0. The number of ketones is 1. The number of allylic oxidation sites excluding steroid dienone is 1. The molecule has 0 aromatic heterocycles. The van der Waals surface area contributed by atoms with Crippen molar-refractivity contribution in [1.82, 2.24) is 0 Å². The van der Waals surface area contributed by atoms with Crippen molar-refractivity contribution in [3.8, 4) is 0 Å². The molecule has 21 nitrogen and oxygen atoms in total. The Labute approximate surface area is 392 Å². The number of esters is 5. The van der Waals surface area contributed by atoms with Crippen LogP contribution in [0.15, 0.2) is 22.8 Å². The minimum atomic E-state index is -1.80. The maximum Gasteiger partial charge on any atom is 0.303 e. The number of carbonyl (C=O) groups is 6. The van der Waals surface area contributed by atoms with Gasteiger partial charge in [0.2, 0.25) is 5.79 Å². The van der Waals surface area contributed by atoms with Crippen molar-refractivity contribution in [3.63, 3.8) is 0 Å². The average molecular weight is 965 g/mol.